The summed E-state index contributed by atoms with van der Waals surface area (Å²) >= 11 is 0. The van der Waals surface area contributed by atoms with Gasteiger partial charge in [-0.05, 0) is 61.9 Å². The van der Waals surface area contributed by atoms with E-state index in [0.29, 0.717) is 28.3 Å². The molecular weight excluding hydrogens is 485 g/mol. The first-order valence-electron chi connectivity index (χ1n) is 13.5. The van der Waals surface area contributed by atoms with Gasteiger partial charge in [-0.2, -0.15) is 5.26 Å². The van der Waals surface area contributed by atoms with E-state index in [4.69, 9.17) is 0 Å². The molecule has 7 nitrogen and oxygen atoms in total. The number of azo groups is 1. The number of hydrogen-bond donors (Lipinski definition) is 1. The van der Waals surface area contributed by atoms with Gasteiger partial charge in [0.2, 0.25) is 0 Å². The van der Waals surface area contributed by atoms with Crippen molar-refractivity contribution in [2.75, 3.05) is 19.0 Å². The van der Waals surface area contributed by atoms with Crippen molar-refractivity contribution in [1.82, 2.24) is 9.38 Å². The highest BCUT2D eigenvalue weighted by atomic mass is 16.1. The molecule has 2 aromatic heterocycles. The molecule has 0 radical (unpaired) electrons. The number of nitrogens with one attached hydrogen (secondary N) is 1. The molecule has 0 bridgehead atoms. The summed E-state index contributed by atoms with van der Waals surface area (Å²) in [6.07, 6.45) is 9.35. The Labute approximate surface area is 230 Å². The predicted octanol–water partition coefficient (Wildman–Crippen LogP) is 8.03. The van der Waals surface area contributed by atoms with Crippen molar-refractivity contribution in [3.05, 3.63) is 94.4 Å². The number of allylic oxidation sites excluding steroid dienone is 1. The molecule has 39 heavy (non-hydrogen) atoms. The molecule has 0 unspecified atom stereocenters. The van der Waals surface area contributed by atoms with E-state index in [2.05, 4.69) is 27.9 Å². The number of fused-ring (bicyclic) bond motifs is 1. The smallest absolute Gasteiger partial charge is 0.259 e. The average molecular weight is 522 g/mol. The number of aromatic amines is 1. The summed E-state index contributed by atoms with van der Waals surface area (Å²) in [5.41, 5.74) is 5.58. The van der Waals surface area contributed by atoms with Gasteiger partial charge < -0.3 is 9.88 Å². The van der Waals surface area contributed by atoms with Crippen LogP contribution in [0.15, 0.2) is 82.3 Å². The Morgan fingerprint density at radius 1 is 1.03 bits per heavy atom. The van der Waals surface area contributed by atoms with E-state index in [1.165, 1.54) is 17.2 Å². The average Bonchev–Trinajstić information content (AvgIpc) is 3.26. The minimum absolute atomic E-state index is 0.225. The van der Waals surface area contributed by atoms with Crippen molar-refractivity contribution in [1.29, 1.82) is 5.26 Å². The van der Waals surface area contributed by atoms with Crippen LogP contribution in [0.3, 0.4) is 0 Å². The zero-order chi connectivity index (χ0) is 27.8. The van der Waals surface area contributed by atoms with Crippen molar-refractivity contribution >= 4 is 22.8 Å². The van der Waals surface area contributed by atoms with Gasteiger partial charge in [-0.25, -0.2) is 4.40 Å². The molecule has 2 heterocycles. The number of rotatable bonds is 12. The SMILES string of the molecule is C=CCCCCCCCc1cc(=O)n2c(N=[15N]c3ccc(N(C)C)cc3C)c(-c3ccccc3)c(C#N)c2[nH]1. The van der Waals surface area contributed by atoms with Gasteiger partial charge in [-0.15, -0.1) is 16.8 Å². The van der Waals surface area contributed by atoms with Crippen LogP contribution in [0.5, 0.6) is 0 Å². The lowest BCUT2D eigenvalue weighted by Crippen LogP contribution is -2.14. The van der Waals surface area contributed by atoms with Gasteiger partial charge in [-0.1, -0.05) is 55.7 Å². The van der Waals surface area contributed by atoms with Crippen LogP contribution >= 0.6 is 0 Å². The number of aryl methyl sites for hydroxylation is 2. The van der Waals surface area contributed by atoms with Gasteiger partial charge in [0, 0.05) is 37.1 Å². The Bertz CT molecular complexity index is 1570. The molecule has 2 aromatic carbocycles. The second-order valence-electron chi connectivity index (χ2n) is 10.0. The van der Waals surface area contributed by atoms with E-state index in [1.54, 1.807) is 6.07 Å². The molecule has 0 saturated carbocycles. The Balaban J connectivity index is 1.75. The minimum atomic E-state index is -0.225. The molecule has 1 N–H and O–H groups in total. The molecule has 200 valence electrons. The number of aromatic nitrogens is 2. The van der Waals surface area contributed by atoms with Crippen LogP contribution in [0.1, 0.15) is 55.3 Å². The van der Waals surface area contributed by atoms with Gasteiger partial charge in [-0.3, -0.25) is 4.79 Å². The highest BCUT2D eigenvalue weighted by molar-refractivity contribution is 5.87. The lowest BCUT2D eigenvalue weighted by molar-refractivity contribution is 0.614. The van der Waals surface area contributed by atoms with E-state index in [1.807, 2.05) is 80.5 Å². The second kappa shape index (κ2) is 12.9. The van der Waals surface area contributed by atoms with Crippen molar-refractivity contribution in [3.8, 4) is 17.2 Å². The summed E-state index contributed by atoms with van der Waals surface area (Å²) in [6, 6.07) is 19.5. The Morgan fingerprint density at radius 3 is 2.46 bits per heavy atom. The molecular formula is C32H36N6O. The van der Waals surface area contributed by atoms with Crippen molar-refractivity contribution in [3.63, 3.8) is 0 Å². The second-order valence-corrected chi connectivity index (χ2v) is 10.0. The van der Waals surface area contributed by atoms with Crippen LogP contribution in [0.25, 0.3) is 16.8 Å². The molecule has 0 saturated heterocycles. The topological polar surface area (TPSA) is 89.0 Å². The van der Waals surface area contributed by atoms with Crippen LogP contribution in [0.4, 0.5) is 17.2 Å². The third-order valence-corrected chi connectivity index (χ3v) is 6.92. The molecule has 7 heteroatoms. The number of nitriles is 1. The van der Waals surface area contributed by atoms with E-state index in [9.17, 15) is 10.1 Å². The van der Waals surface area contributed by atoms with Gasteiger partial charge in [0.25, 0.3) is 5.56 Å². The molecule has 0 spiro atoms. The first-order chi connectivity index (χ1) is 18.9. The van der Waals surface area contributed by atoms with Gasteiger partial charge in [0.1, 0.15) is 17.3 Å². The number of hydrogen-bond acceptors (Lipinski definition) is 5. The van der Waals surface area contributed by atoms with Crippen LogP contribution in [0.2, 0.25) is 0 Å². The summed E-state index contributed by atoms with van der Waals surface area (Å²) < 4.78 is 1.48. The van der Waals surface area contributed by atoms with E-state index >= 15 is 0 Å². The molecule has 0 fully saturated rings. The van der Waals surface area contributed by atoms with Crippen molar-refractivity contribution in [2.45, 2.75) is 51.9 Å². The summed E-state index contributed by atoms with van der Waals surface area (Å²) in [5.74, 6) is 0.346. The fraction of sp³-hybridized carbons (Fsp3) is 0.312. The Hall–Kier alpha value is -4.44. The quantitative estimate of drug-likeness (QED) is 0.0886. The minimum Gasteiger partial charge on any atom is -0.378 e. The zero-order valence-corrected chi connectivity index (χ0v) is 23.1. The van der Waals surface area contributed by atoms with Crippen molar-refractivity contribution < 1.29 is 0 Å². The molecule has 0 amide bonds. The normalized spacial score (nSPS) is 11.2. The summed E-state index contributed by atoms with van der Waals surface area (Å²) in [6.45, 7) is 5.76. The van der Waals surface area contributed by atoms with Crippen molar-refractivity contribution in [2.24, 2.45) is 10.2 Å². The van der Waals surface area contributed by atoms with Crippen LogP contribution < -0.4 is 10.5 Å². The van der Waals surface area contributed by atoms with Crippen LogP contribution in [-0.2, 0) is 6.42 Å². The zero-order valence-electron chi connectivity index (χ0n) is 23.1. The third kappa shape index (κ3) is 6.35. The Morgan fingerprint density at radius 2 is 1.77 bits per heavy atom. The first kappa shape index (κ1) is 27.6. The fourth-order valence-corrected chi connectivity index (χ4v) is 4.78. The first-order valence-corrected chi connectivity index (χ1v) is 13.5. The van der Waals surface area contributed by atoms with Crippen LogP contribution in [-0.4, -0.2) is 23.5 Å². The van der Waals surface area contributed by atoms with Gasteiger partial charge >= 0.3 is 0 Å². The standard InChI is InChI=1S/C32H36N6O/c1-5-6-7-8-9-10-14-17-25-21-29(39)38-31(34-25)27(22-33)30(24-15-12-11-13-16-24)32(38)36-35-28-19-18-26(37(3)4)20-23(28)2/h5,11-13,15-16,18-21,34H,1,6-10,14,17H2,2-4H3/i35+1. The summed E-state index contributed by atoms with van der Waals surface area (Å²) in [4.78, 5) is 18.9. The molecule has 4 rings (SSSR count). The number of unbranched alkanes of at least 4 members (excludes halogenated alkanes) is 5. The number of nitrogens with zero attached hydrogens (tertiary/aromatic N) is 5. The van der Waals surface area contributed by atoms with Crippen LogP contribution in [0, 0.1) is 18.3 Å². The fourth-order valence-electron chi connectivity index (χ4n) is 4.78. The monoisotopic (exact) mass is 521 g/mol. The van der Waals surface area contributed by atoms with E-state index in [0.717, 1.165) is 54.6 Å². The van der Waals surface area contributed by atoms with E-state index < -0.39 is 0 Å². The molecule has 0 aliphatic heterocycles. The molecule has 0 aliphatic rings. The van der Waals surface area contributed by atoms with E-state index in [-0.39, 0.29) is 5.56 Å². The highest BCUT2D eigenvalue weighted by Crippen LogP contribution is 2.38. The highest BCUT2D eigenvalue weighted by Gasteiger charge is 2.23. The van der Waals surface area contributed by atoms with Gasteiger partial charge in [0.15, 0.2) is 5.82 Å². The maximum Gasteiger partial charge on any atom is 0.259 e. The molecule has 0 aliphatic carbocycles. The molecule has 0 atom stereocenters. The largest absolute Gasteiger partial charge is 0.378 e. The number of anilines is 1. The van der Waals surface area contributed by atoms with Gasteiger partial charge in [0.05, 0.1) is 5.69 Å². The number of H-pyrrole nitrogens is 1. The lowest BCUT2D eigenvalue weighted by atomic mass is 10.0. The number of benzene rings is 2. The summed E-state index contributed by atoms with van der Waals surface area (Å²) in [5, 5.41) is 19.3. The predicted molar refractivity (Wildman–Crippen MR) is 159 cm³/mol. The Kier molecular flexibility index (Phi) is 9.11. The third-order valence-electron chi connectivity index (χ3n) is 6.92. The maximum absolute atomic E-state index is 13.5. The maximum atomic E-state index is 13.5. The summed E-state index contributed by atoms with van der Waals surface area (Å²) in [7, 11) is 3.98. The molecule has 4 aromatic rings. The lowest BCUT2D eigenvalue weighted by Gasteiger charge is -2.13.